The molecule has 3 rings (SSSR count). The van der Waals surface area contributed by atoms with Crippen molar-refractivity contribution in [3.63, 3.8) is 0 Å². The Morgan fingerprint density at radius 3 is 2.24 bits per heavy atom. The molecule has 1 atom stereocenters. The van der Waals surface area contributed by atoms with Crippen LogP contribution < -0.4 is 10.2 Å². The van der Waals surface area contributed by atoms with Gasteiger partial charge in [0.2, 0.25) is 5.91 Å². The summed E-state index contributed by atoms with van der Waals surface area (Å²) in [4.78, 5) is 17.0. The van der Waals surface area contributed by atoms with E-state index >= 15 is 0 Å². The van der Waals surface area contributed by atoms with Crippen LogP contribution in [-0.2, 0) is 11.2 Å². The maximum Gasteiger partial charge on any atom is 0.244 e. The van der Waals surface area contributed by atoms with Gasteiger partial charge in [-0.25, -0.2) is 0 Å². The summed E-state index contributed by atoms with van der Waals surface area (Å²) >= 11 is 0. The molecule has 2 aromatic rings. The number of hydrogen-bond acceptors (Lipinski definition) is 3. The summed E-state index contributed by atoms with van der Waals surface area (Å²) in [6.07, 6.45) is 1.03. The van der Waals surface area contributed by atoms with Crippen molar-refractivity contribution in [1.82, 2.24) is 4.90 Å². The van der Waals surface area contributed by atoms with Crippen LogP contribution in [0.15, 0.2) is 54.6 Å². The van der Waals surface area contributed by atoms with Gasteiger partial charge >= 0.3 is 0 Å². The molecular formula is C21H27N3O. The highest BCUT2D eigenvalue weighted by Crippen LogP contribution is 2.17. The highest BCUT2D eigenvalue weighted by Gasteiger charge is 2.24. The van der Waals surface area contributed by atoms with Crippen LogP contribution in [0.25, 0.3) is 0 Å². The van der Waals surface area contributed by atoms with Gasteiger partial charge in [0.1, 0.15) is 6.04 Å². The summed E-state index contributed by atoms with van der Waals surface area (Å²) in [5.41, 5.74) is 3.54. The largest absolute Gasteiger partial charge is 0.374 e. The van der Waals surface area contributed by atoms with E-state index in [1.807, 2.05) is 17.9 Å². The summed E-state index contributed by atoms with van der Waals surface area (Å²) in [6, 6.07) is 18.5. The monoisotopic (exact) mass is 337 g/mol. The highest BCUT2D eigenvalue weighted by molar-refractivity contribution is 5.84. The van der Waals surface area contributed by atoms with Crippen LogP contribution in [0, 0.1) is 0 Å². The molecule has 4 heteroatoms. The molecule has 1 unspecified atom stereocenters. The third kappa shape index (κ3) is 4.32. The van der Waals surface area contributed by atoms with Gasteiger partial charge in [-0.3, -0.25) is 4.79 Å². The molecule has 132 valence electrons. The first kappa shape index (κ1) is 17.3. The topological polar surface area (TPSA) is 35.6 Å². The molecule has 0 bridgehead atoms. The molecule has 1 amide bonds. The number of carbonyl (C=O) groups excluding carboxylic acids is 1. The fourth-order valence-electron chi connectivity index (χ4n) is 3.25. The first-order valence-corrected chi connectivity index (χ1v) is 9.11. The fraction of sp³-hybridized carbons (Fsp3) is 0.381. The van der Waals surface area contributed by atoms with Gasteiger partial charge in [0.05, 0.1) is 0 Å². The normalized spacial score (nSPS) is 15.8. The van der Waals surface area contributed by atoms with Gasteiger partial charge in [-0.05, 0) is 43.2 Å². The average molecular weight is 337 g/mol. The Labute approximate surface area is 150 Å². The number of para-hydroxylation sites is 1. The van der Waals surface area contributed by atoms with Crippen molar-refractivity contribution in [2.75, 3.05) is 36.4 Å². The van der Waals surface area contributed by atoms with Crippen molar-refractivity contribution >= 4 is 17.3 Å². The first-order chi connectivity index (χ1) is 12.2. The van der Waals surface area contributed by atoms with Crippen molar-refractivity contribution in [2.45, 2.75) is 26.3 Å². The molecule has 1 heterocycles. The highest BCUT2D eigenvalue weighted by atomic mass is 16.2. The zero-order chi connectivity index (χ0) is 17.6. The molecule has 0 saturated carbocycles. The van der Waals surface area contributed by atoms with E-state index in [2.05, 4.69) is 65.7 Å². The third-order valence-electron chi connectivity index (χ3n) is 4.83. The Kier molecular flexibility index (Phi) is 5.59. The lowest BCUT2D eigenvalue weighted by molar-refractivity contribution is -0.131. The number of nitrogens with zero attached hydrogens (tertiary/aromatic N) is 2. The van der Waals surface area contributed by atoms with E-state index in [1.165, 1.54) is 11.3 Å². The van der Waals surface area contributed by atoms with Crippen LogP contribution >= 0.6 is 0 Å². The zero-order valence-electron chi connectivity index (χ0n) is 15.1. The number of anilines is 2. The molecule has 0 aromatic heterocycles. The molecule has 0 aliphatic carbocycles. The molecule has 2 aromatic carbocycles. The van der Waals surface area contributed by atoms with Gasteiger partial charge < -0.3 is 15.1 Å². The molecule has 1 aliphatic heterocycles. The van der Waals surface area contributed by atoms with E-state index in [0.29, 0.717) is 0 Å². The van der Waals surface area contributed by atoms with Crippen LogP contribution in [0.1, 0.15) is 19.4 Å². The molecule has 1 N–H and O–H groups in total. The van der Waals surface area contributed by atoms with Crippen molar-refractivity contribution < 1.29 is 4.79 Å². The minimum absolute atomic E-state index is 0.173. The Bertz CT molecular complexity index is 676. The SMILES string of the molecule is CCc1ccc(NC(C)C(=O)N2CCN(c3ccccc3)CC2)cc1. The second-order valence-corrected chi connectivity index (χ2v) is 6.56. The molecule has 0 spiro atoms. The van der Waals surface area contributed by atoms with E-state index in [-0.39, 0.29) is 11.9 Å². The maximum absolute atomic E-state index is 12.7. The Balaban J connectivity index is 1.52. The molecule has 0 radical (unpaired) electrons. The van der Waals surface area contributed by atoms with Gasteiger partial charge in [0.25, 0.3) is 0 Å². The molecule has 1 saturated heterocycles. The lowest BCUT2D eigenvalue weighted by Crippen LogP contribution is -2.52. The third-order valence-corrected chi connectivity index (χ3v) is 4.83. The number of nitrogens with one attached hydrogen (secondary N) is 1. The van der Waals surface area contributed by atoms with Crippen LogP contribution in [-0.4, -0.2) is 43.0 Å². The van der Waals surface area contributed by atoms with E-state index in [0.717, 1.165) is 38.3 Å². The van der Waals surface area contributed by atoms with Crippen molar-refractivity contribution in [2.24, 2.45) is 0 Å². The minimum atomic E-state index is -0.212. The maximum atomic E-state index is 12.7. The predicted molar refractivity (Wildman–Crippen MR) is 104 cm³/mol. The smallest absolute Gasteiger partial charge is 0.244 e. The van der Waals surface area contributed by atoms with Gasteiger partial charge in [0.15, 0.2) is 0 Å². The molecule has 1 aliphatic rings. The second kappa shape index (κ2) is 8.06. The van der Waals surface area contributed by atoms with Gasteiger partial charge in [0, 0.05) is 37.6 Å². The summed E-state index contributed by atoms with van der Waals surface area (Å²) in [7, 11) is 0. The van der Waals surface area contributed by atoms with Crippen LogP contribution in [0.2, 0.25) is 0 Å². The lowest BCUT2D eigenvalue weighted by atomic mass is 10.1. The predicted octanol–water partition coefficient (Wildman–Crippen LogP) is 3.40. The van der Waals surface area contributed by atoms with Crippen molar-refractivity contribution in [3.8, 4) is 0 Å². The number of aryl methyl sites for hydroxylation is 1. The number of rotatable bonds is 5. The Hall–Kier alpha value is -2.49. The van der Waals surface area contributed by atoms with Gasteiger partial charge in [-0.15, -0.1) is 0 Å². The molecule has 25 heavy (non-hydrogen) atoms. The summed E-state index contributed by atoms with van der Waals surface area (Å²) in [5.74, 6) is 0.173. The number of amides is 1. The van der Waals surface area contributed by atoms with Crippen LogP contribution in [0.3, 0.4) is 0 Å². The number of piperazine rings is 1. The van der Waals surface area contributed by atoms with Gasteiger partial charge in [-0.2, -0.15) is 0 Å². The average Bonchev–Trinajstić information content (AvgIpc) is 2.69. The van der Waals surface area contributed by atoms with Crippen molar-refractivity contribution in [1.29, 1.82) is 0 Å². The van der Waals surface area contributed by atoms with Crippen LogP contribution in [0.5, 0.6) is 0 Å². The van der Waals surface area contributed by atoms with E-state index in [4.69, 9.17) is 0 Å². The standard InChI is InChI=1S/C21H27N3O/c1-3-18-9-11-19(12-10-18)22-17(2)21(25)24-15-13-23(14-16-24)20-7-5-4-6-8-20/h4-12,17,22H,3,13-16H2,1-2H3. The Morgan fingerprint density at radius 1 is 1.00 bits per heavy atom. The summed E-state index contributed by atoms with van der Waals surface area (Å²) < 4.78 is 0. The molecule has 1 fully saturated rings. The lowest BCUT2D eigenvalue weighted by Gasteiger charge is -2.37. The number of carbonyl (C=O) groups is 1. The van der Waals surface area contributed by atoms with Gasteiger partial charge in [-0.1, -0.05) is 37.3 Å². The molecular weight excluding hydrogens is 310 g/mol. The Morgan fingerprint density at radius 2 is 1.64 bits per heavy atom. The zero-order valence-corrected chi connectivity index (χ0v) is 15.1. The minimum Gasteiger partial charge on any atom is -0.374 e. The van der Waals surface area contributed by atoms with Crippen molar-refractivity contribution in [3.05, 3.63) is 60.2 Å². The second-order valence-electron chi connectivity index (χ2n) is 6.56. The van der Waals surface area contributed by atoms with Crippen LogP contribution in [0.4, 0.5) is 11.4 Å². The summed E-state index contributed by atoms with van der Waals surface area (Å²) in [5, 5.41) is 3.33. The first-order valence-electron chi connectivity index (χ1n) is 9.11. The molecule has 4 nitrogen and oxygen atoms in total. The quantitative estimate of drug-likeness (QED) is 0.908. The van der Waals surface area contributed by atoms with E-state index in [9.17, 15) is 4.79 Å². The number of hydrogen-bond donors (Lipinski definition) is 1. The van der Waals surface area contributed by atoms with E-state index in [1.54, 1.807) is 0 Å². The fourth-order valence-corrected chi connectivity index (χ4v) is 3.25. The van der Waals surface area contributed by atoms with E-state index < -0.39 is 0 Å². The summed E-state index contributed by atoms with van der Waals surface area (Å²) in [6.45, 7) is 7.40. The number of benzene rings is 2.